The second kappa shape index (κ2) is 8.18. The van der Waals surface area contributed by atoms with Crippen molar-refractivity contribution in [3.8, 4) is 0 Å². The number of amides is 1. The van der Waals surface area contributed by atoms with E-state index < -0.39 is 4.92 Å². The molecule has 0 spiro atoms. The predicted octanol–water partition coefficient (Wildman–Crippen LogP) is 3.81. The van der Waals surface area contributed by atoms with Gasteiger partial charge in [-0.3, -0.25) is 14.9 Å². The second-order valence-corrected chi connectivity index (χ2v) is 6.79. The second-order valence-electron chi connectivity index (χ2n) is 6.79. The molecule has 0 saturated carbocycles. The summed E-state index contributed by atoms with van der Waals surface area (Å²) in [6.07, 6.45) is 0. The number of carbonyl (C=O) groups excluding carboxylic acids is 1. The van der Waals surface area contributed by atoms with Crippen LogP contribution in [0.2, 0.25) is 0 Å². The Bertz CT molecular complexity index is 845. The van der Waals surface area contributed by atoms with Crippen LogP contribution in [0.1, 0.15) is 35.7 Å². The summed E-state index contributed by atoms with van der Waals surface area (Å²) in [5.41, 5.74) is 2.65. The Balaban J connectivity index is 1.92. The summed E-state index contributed by atoms with van der Waals surface area (Å²) < 4.78 is 5.36. The monoisotopic (exact) mass is 369 g/mol. The van der Waals surface area contributed by atoms with Gasteiger partial charge in [-0.1, -0.05) is 26.0 Å². The van der Waals surface area contributed by atoms with Gasteiger partial charge in [0.25, 0.3) is 11.6 Å². The minimum absolute atomic E-state index is 0.104. The van der Waals surface area contributed by atoms with Crippen molar-refractivity contribution in [2.24, 2.45) is 0 Å². The van der Waals surface area contributed by atoms with Gasteiger partial charge in [0.05, 0.1) is 29.4 Å². The maximum atomic E-state index is 12.9. The number of nitro benzene ring substituents is 1. The molecular formula is C20H23N3O4. The van der Waals surface area contributed by atoms with Gasteiger partial charge in [0.1, 0.15) is 0 Å². The van der Waals surface area contributed by atoms with E-state index in [4.69, 9.17) is 4.74 Å². The quantitative estimate of drug-likeness (QED) is 0.640. The van der Waals surface area contributed by atoms with Crippen molar-refractivity contribution in [3.05, 3.63) is 63.7 Å². The number of ether oxygens (including phenoxy) is 1. The lowest BCUT2D eigenvalue weighted by molar-refractivity contribution is -0.384. The minimum atomic E-state index is -0.487. The minimum Gasteiger partial charge on any atom is -0.378 e. The predicted molar refractivity (Wildman–Crippen MR) is 105 cm³/mol. The maximum absolute atomic E-state index is 12.9. The fourth-order valence-corrected chi connectivity index (χ4v) is 3.07. The van der Waals surface area contributed by atoms with Gasteiger partial charge in [0.15, 0.2) is 0 Å². The lowest BCUT2D eigenvalue weighted by Crippen LogP contribution is -2.37. The number of hydrogen-bond acceptors (Lipinski definition) is 5. The third kappa shape index (κ3) is 4.43. The highest BCUT2D eigenvalue weighted by molar-refractivity contribution is 6.08. The Kier molecular flexibility index (Phi) is 5.71. The number of carbonyl (C=O) groups is 1. The van der Waals surface area contributed by atoms with Crippen LogP contribution < -0.4 is 10.2 Å². The van der Waals surface area contributed by atoms with Gasteiger partial charge < -0.3 is 15.0 Å². The summed E-state index contributed by atoms with van der Waals surface area (Å²) in [5.74, 6) is -0.0235. The van der Waals surface area contributed by atoms with Gasteiger partial charge in [-0.05, 0) is 29.7 Å². The molecule has 0 atom stereocenters. The molecule has 27 heavy (non-hydrogen) atoms. The van der Waals surface area contributed by atoms with Crippen LogP contribution in [0.4, 0.5) is 17.1 Å². The average Bonchev–Trinajstić information content (AvgIpc) is 2.68. The highest BCUT2D eigenvalue weighted by Crippen LogP contribution is 2.28. The molecule has 1 fully saturated rings. The highest BCUT2D eigenvalue weighted by atomic mass is 16.6. The average molecular weight is 369 g/mol. The molecule has 3 rings (SSSR count). The SMILES string of the molecule is CC(C)c1cccc(NC(=O)c2cc([N+](=O)[O-])ccc2N2CCOCC2)c1. The van der Waals surface area contributed by atoms with Gasteiger partial charge in [-0.15, -0.1) is 0 Å². The molecule has 2 aromatic rings. The Morgan fingerprint density at radius 1 is 1.19 bits per heavy atom. The maximum Gasteiger partial charge on any atom is 0.270 e. The van der Waals surface area contributed by atoms with E-state index in [1.54, 1.807) is 6.07 Å². The van der Waals surface area contributed by atoms with Gasteiger partial charge in [-0.2, -0.15) is 0 Å². The first-order valence-electron chi connectivity index (χ1n) is 8.98. The number of benzene rings is 2. The van der Waals surface area contributed by atoms with Crippen molar-refractivity contribution < 1.29 is 14.5 Å². The van der Waals surface area contributed by atoms with Crippen molar-refractivity contribution in [2.75, 3.05) is 36.5 Å². The molecule has 1 aliphatic rings. The van der Waals surface area contributed by atoms with Crippen LogP contribution in [0.3, 0.4) is 0 Å². The van der Waals surface area contributed by atoms with Gasteiger partial charge in [0.2, 0.25) is 0 Å². The number of nitro groups is 1. The lowest BCUT2D eigenvalue weighted by atomic mass is 10.0. The van der Waals surface area contributed by atoms with Crippen LogP contribution in [-0.2, 0) is 4.74 Å². The number of nitrogens with zero attached hydrogens (tertiary/aromatic N) is 2. The van der Waals surface area contributed by atoms with Gasteiger partial charge in [0, 0.05) is 30.9 Å². The third-order valence-corrected chi connectivity index (χ3v) is 4.60. The largest absolute Gasteiger partial charge is 0.378 e. The van der Waals surface area contributed by atoms with Crippen LogP contribution in [-0.4, -0.2) is 37.1 Å². The first-order chi connectivity index (χ1) is 13.0. The van der Waals surface area contributed by atoms with E-state index in [-0.39, 0.29) is 11.6 Å². The summed E-state index contributed by atoms with van der Waals surface area (Å²) in [7, 11) is 0. The fraction of sp³-hybridized carbons (Fsp3) is 0.350. The van der Waals surface area contributed by atoms with Crippen LogP contribution in [0.15, 0.2) is 42.5 Å². The Morgan fingerprint density at radius 3 is 2.59 bits per heavy atom. The number of anilines is 2. The molecule has 1 N–H and O–H groups in total. The molecule has 2 aromatic carbocycles. The van der Waals surface area contributed by atoms with E-state index in [1.807, 2.05) is 29.2 Å². The third-order valence-electron chi connectivity index (χ3n) is 4.60. The van der Waals surface area contributed by atoms with E-state index >= 15 is 0 Å². The van der Waals surface area contributed by atoms with Crippen molar-refractivity contribution in [3.63, 3.8) is 0 Å². The number of morpholine rings is 1. The molecule has 0 radical (unpaired) electrons. The first kappa shape index (κ1) is 18.8. The molecule has 142 valence electrons. The van der Waals surface area contributed by atoms with Crippen LogP contribution in [0.5, 0.6) is 0 Å². The Hall–Kier alpha value is -2.93. The molecule has 1 aliphatic heterocycles. The molecule has 0 unspecified atom stereocenters. The van der Waals surface area contributed by atoms with Crippen LogP contribution >= 0.6 is 0 Å². The zero-order chi connectivity index (χ0) is 19.4. The van der Waals surface area contributed by atoms with Crippen molar-refractivity contribution in [1.29, 1.82) is 0 Å². The molecule has 1 amide bonds. The number of nitrogens with one attached hydrogen (secondary N) is 1. The molecular weight excluding hydrogens is 346 g/mol. The number of rotatable bonds is 5. The Labute approximate surface area is 158 Å². The van der Waals surface area contributed by atoms with Crippen molar-refractivity contribution in [2.45, 2.75) is 19.8 Å². The Morgan fingerprint density at radius 2 is 1.93 bits per heavy atom. The molecule has 0 aromatic heterocycles. The standard InChI is InChI=1S/C20H23N3O4/c1-14(2)15-4-3-5-16(12-15)21-20(24)18-13-17(23(25)26)6-7-19(18)22-8-10-27-11-9-22/h3-7,12-14H,8-11H2,1-2H3,(H,21,24). The van der Waals surface area contributed by atoms with E-state index in [9.17, 15) is 14.9 Å². The van der Waals surface area contributed by atoms with E-state index in [1.165, 1.54) is 12.1 Å². The lowest BCUT2D eigenvalue weighted by Gasteiger charge is -2.30. The topological polar surface area (TPSA) is 84.7 Å². The zero-order valence-electron chi connectivity index (χ0n) is 15.5. The summed E-state index contributed by atoms with van der Waals surface area (Å²) in [5, 5.41) is 14.1. The number of non-ortho nitro benzene ring substituents is 1. The summed E-state index contributed by atoms with van der Waals surface area (Å²) in [6.45, 7) is 6.57. The summed E-state index contributed by atoms with van der Waals surface area (Å²) in [4.78, 5) is 25.7. The molecule has 7 nitrogen and oxygen atoms in total. The van der Waals surface area contributed by atoms with E-state index in [2.05, 4.69) is 19.2 Å². The molecule has 1 heterocycles. The van der Waals surface area contributed by atoms with Crippen molar-refractivity contribution in [1.82, 2.24) is 0 Å². The van der Waals surface area contributed by atoms with Gasteiger partial charge in [-0.25, -0.2) is 0 Å². The smallest absolute Gasteiger partial charge is 0.270 e. The van der Waals surface area contributed by atoms with Crippen LogP contribution in [0, 0.1) is 10.1 Å². The highest BCUT2D eigenvalue weighted by Gasteiger charge is 2.22. The normalized spacial score (nSPS) is 14.3. The van der Waals surface area contributed by atoms with E-state index in [0.29, 0.717) is 49.2 Å². The summed E-state index contributed by atoms with van der Waals surface area (Å²) >= 11 is 0. The van der Waals surface area contributed by atoms with Gasteiger partial charge >= 0.3 is 0 Å². The molecule has 0 bridgehead atoms. The zero-order valence-corrected chi connectivity index (χ0v) is 15.5. The molecule has 7 heteroatoms. The first-order valence-corrected chi connectivity index (χ1v) is 8.98. The molecule has 0 aliphatic carbocycles. The van der Waals surface area contributed by atoms with Crippen LogP contribution in [0.25, 0.3) is 0 Å². The molecule has 1 saturated heterocycles. The fourth-order valence-electron chi connectivity index (χ4n) is 3.07. The van der Waals surface area contributed by atoms with Crippen molar-refractivity contribution >= 4 is 23.0 Å². The van der Waals surface area contributed by atoms with E-state index in [0.717, 1.165) is 5.56 Å². The number of hydrogen-bond donors (Lipinski definition) is 1. The summed E-state index contributed by atoms with van der Waals surface area (Å²) in [6, 6.07) is 12.0.